The number of ether oxygens (including phenoxy) is 2. The molecule has 110 valence electrons. The molecule has 0 saturated carbocycles. The summed E-state index contributed by atoms with van der Waals surface area (Å²) >= 11 is 0. The molecule has 6 nitrogen and oxygen atoms in total. The third kappa shape index (κ3) is 2.24. The molecule has 0 aliphatic carbocycles. The first kappa shape index (κ1) is 12.7. The number of nitrogens with zero attached hydrogens (tertiary/aromatic N) is 1. The Morgan fingerprint density at radius 3 is 2.82 bits per heavy atom. The van der Waals surface area contributed by atoms with Gasteiger partial charge in [-0.25, -0.2) is 0 Å². The number of nitrogens with one attached hydrogen (secondary N) is 1. The van der Waals surface area contributed by atoms with Crippen LogP contribution in [0.5, 0.6) is 11.5 Å². The van der Waals surface area contributed by atoms with E-state index in [4.69, 9.17) is 13.9 Å². The maximum Gasteiger partial charge on any atom is 0.291 e. The van der Waals surface area contributed by atoms with E-state index in [1.54, 1.807) is 42.6 Å². The second-order valence-corrected chi connectivity index (χ2v) is 4.81. The Balaban J connectivity index is 1.58. The summed E-state index contributed by atoms with van der Waals surface area (Å²) in [6.07, 6.45) is 1.65. The summed E-state index contributed by atoms with van der Waals surface area (Å²) in [6.45, 7) is 1.03. The number of rotatable bonds is 2. The Bertz CT molecular complexity index is 823. The van der Waals surface area contributed by atoms with Crippen LogP contribution in [-0.4, -0.2) is 24.1 Å². The monoisotopic (exact) mass is 296 g/mol. The molecule has 1 aromatic carbocycles. The number of aromatic nitrogens is 1. The number of hydrogen-bond acceptors (Lipinski definition) is 5. The first-order valence-corrected chi connectivity index (χ1v) is 6.85. The fraction of sp³-hybridized carbons (Fsp3) is 0.125. The zero-order chi connectivity index (χ0) is 14.9. The Labute approximate surface area is 125 Å². The van der Waals surface area contributed by atoms with Crippen molar-refractivity contribution in [1.29, 1.82) is 0 Å². The van der Waals surface area contributed by atoms with Gasteiger partial charge in [-0.1, -0.05) is 0 Å². The molecule has 1 amide bonds. The number of carbonyl (C=O) groups is 1. The number of hydrogen-bond donors (Lipinski definition) is 1. The lowest BCUT2D eigenvalue weighted by atomic mass is 10.2. The summed E-state index contributed by atoms with van der Waals surface area (Å²) in [5.74, 6) is 1.17. The summed E-state index contributed by atoms with van der Waals surface area (Å²) < 4.78 is 16.4. The van der Waals surface area contributed by atoms with Gasteiger partial charge in [0.05, 0.1) is 0 Å². The van der Waals surface area contributed by atoms with Crippen molar-refractivity contribution in [3.8, 4) is 11.5 Å². The number of pyridine rings is 1. The van der Waals surface area contributed by atoms with E-state index in [1.165, 1.54) is 0 Å². The average Bonchev–Trinajstić information content (AvgIpc) is 2.99. The molecule has 2 aromatic heterocycles. The van der Waals surface area contributed by atoms with Gasteiger partial charge in [-0.15, -0.1) is 0 Å². The molecule has 0 fully saturated rings. The highest BCUT2D eigenvalue weighted by molar-refractivity contribution is 6.04. The van der Waals surface area contributed by atoms with Crippen molar-refractivity contribution in [2.75, 3.05) is 18.5 Å². The van der Waals surface area contributed by atoms with Crippen molar-refractivity contribution in [3.63, 3.8) is 0 Å². The smallest absolute Gasteiger partial charge is 0.291 e. The quantitative estimate of drug-likeness (QED) is 0.787. The fourth-order valence-electron chi connectivity index (χ4n) is 2.30. The van der Waals surface area contributed by atoms with Gasteiger partial charge in [0.1, 0.15) is 18.7 Å². The lowest BCUT2D eigenvalue weighted by molar-refractivity contribution is 0.0998. The molecule has 0 atom stereocenters. The van der Waals surface area contributed by atoms with E-state index < -0.39 is 0 Å². The van der Waals surface area contributed by atoms with E-state index in [9.17, 15) is 4.79 Å². The van der Waals surface area contributed by atoms with Crippen LogP contribution in [0.1, 0.15) is 10.6 Å². The largest absolute Gasteiger partial charge is 0.486 e. The molecule has 3 heterocycles. The van der Waals surface area contributed by atoms with Crippen molar-refractivity contribution in [2.45, 2.75) is 0 Å². The van der Waals surface area contributed by atoms with E-state index in [2.05, 4.69) is 10.3 Å². The molecule has 22 heavy (non-hydrogen) atoms. The van der Waals surface area contributed by atoms with Gasteiger partial charge in [0.25, 0.3) is 5.91 Å². The van der Waals surface area contributed by atoms with Crippen molar-refractivity contribution in [3.05, 3.63) is 48.4 Å². The molecule has 1 aliphatic heterocycles. The third-order valence-corrected chi connectivity index (χ3v) is 3.31. The van der Waals surface area contributed by atoms with Crippen LogP contribution in [0.3, 0.4) is 0 Å². The van der Waals surface area contributed by atoms with Crippen molar-refractivity contribution in [2.24, 2.45) is 0 Å². The van der Waals surface area contributed by atoms with E-state index >= 15 is 0 Å². The molecule has 0 unspecified atom stereocenters. The number of amides is 1. The highest BCUT2D eigenvalue weighted by Gasteiger charge is 2.16. The summed E-state index contributed by atoms with van der Waals surface area (Å²) in [5.41, 5.74) is 1.84. The zero-order valence-corrected chi connectivity index (χ0v) is 11.5. The molecular formula is C16H12N2O4. The number of furan rings is 1. The van der Waals surface area contributed by atoms with Crippen LogP contribution in [0.25, 0.3) is 11.1 Å². The van der Waals surface area contributed by atoms with Crippen LogP contribution in [0.15, 0.2) is 47.0 Å². The minimum absolute atomic E-state index is 0.212. The van der Waals surface area contributed by atoms with Crippen LogP contribution >= 0.6 is 0 Å². The van der Waals surface area contributed by atoms with Crippen LogP contribution in [-0.2, 0) is 0 Å². The summed E-state index contributed by atoms with van der Waals surface area (Å²) in [5, 5.41) is 2.77. The SMILES string of the molecule is O=C(Nc1ccc2c(c1)OCCO2)c1cc2ncccc2o1. The van der Waals surface area contributed by atoms with Crippen molar-refractivity contribution >= 4 is 22.7 Å². The summed E-state index contributed by atoms with van der Waals surface area (Å²) in [4.78, 5) is 16.4. The second-order valence-electron chi connectivity index (χ2n) is 4.81. The van der Waals surface area contributed by atoms with Gasteiger partial charge < -0.3 is 19.2 Å². The molecule has 4 rings (SSSR count). The van der Waals surface area contributed by atoms with Gasteiger partial charge in [-0.2, -0.15) is 0 Å². The Kier molecular flexibility index (Phi) is 2.93. The minimum Gasteiger partial charge on any atom is -0.486 e. The topological polar surface area (TPSA) is 73.6 Å². The lowest BCUT2D eigenvalue weighted by Gasteiger charge is -2.18. The number of anilines is 1. The minimum atomic E-state index is -0.338. The maximum absolute atomic E-state index is 12.2. The average molecular weight is 296 g/mol. The van der Waals surface area contributed by atoms with Gasteiger partial charge in [-0.05, 0) is 24.3 Å². The molecule has 3 aromatic rings. The van der Waals surface area contributed by atoms with Gasteiger partial charge in [0.15, 0.2) is 22.8 Å². The van der Waals surface area contributed by atoms with Gasteiger partial charge in [0, 0.05) is 24.0 Å². The summed E-state index contributed by atoms with van der Waals surface area (Å²) in [6, 6.07) is 10.4. The van der Waals surface area contributed by atoms with Crippen molar-refractivity contribution < 1.29 is 18.7 Å². The van der Waals surface area contributed by atoms with Gasteiger partial charge >= 0.3 is 0 Å². The first-order valence-electron chi connectivity index (χ1n) is 6.85. The predicted molar refractivity (Wildman–Crippen MR) is 79.4 cm³/mol. The second kappa shape index (κ2) is 5.07. The van der Waals surface area contributed by atoms with E-state index in [1.807, 2.05) is 0 Å². The standard InChI is InChI=1S/C16H12N2O4/c19-16(15-9-11-12(22-15)2-1-5-17-11)18-10-3-4-13-14(8-10)21-7-6-20-13/h1-5,8-9H,6-7H2,(H,18,19). The summed E-state index contributed by atoms with van der Waals surface area (Å²) in [7, 11) is 0. The van der Waals surface area contributed by atoms with Gasteiger partial charge in [-0.3, -0.25) is 9.78 Å². The van der Waals surface area contributed by atoms with Gasteiger partial charge in [0.2, 0.25) is 0 Å². The van der Waals surface area contributed by atoms with Crippen LogP contribution in [0, 0.1) is 0 Å². The normalized spacial score (nSPS) is 13.1. The Morgan fingerprint density at radius 2 is 1.95 bits per heavy atom. The molecule has 1 aliphatic rings. The number of fused-ring (bicyclic) bond motifs is 2. The zero-order valence-electron chi connectivity index (χ0n) is 11.5. The highest BCUT2D eigenvalue weighted by atomic mass is 16.6. The molecular weight excluding hydrogens is 284 g/mol. The molecule has 0 saturated heterocycles. The van der Waals surface area contributed by atoms with E-state index in [-0.39, 0.29) is 11.7 Å². The molecule has 1 N–H and O–H groups in total. The Morgan fingerprint density at radius 1 is 1.09 bits per heavy atom. The number of benzene rings is 1. The van der Waals surface area contributed by atoms with Crippen LogP contribution in [0.2, 0.25) is 0 Å². The molecule has 0 bridgehead atoms. The maximum atomic E-state index is 12.2. The third-order valence-electron chi connectivity index (χ3n) is 3.31. The lowest BCUT2D eigenvalue weighted by Crippen LogP contribution is -2.16. The van der Waals surface area contributed by atoms with Crippen LogP contribution < -0.4 is 14.8 Å². The highest BCUT2D eigenvalue weighted by Crippen LogP contribution is 2.32. The fourth-order valence-corrected chi connectivity index (χ4v) is 2.30. The van der Waals surface area contributed by atoms with Crippen molar-refractivity contribution in [1.82, 2.24) is 4.98 Å². The first-order chi connectivity index (χ1) is 10.8. The molecule has 0 spiro atoms. The van der Waals surface area contributed by atoms with E-state index in [0.717, 1.165) is 0 Å². The predicted octanol–water partition coefficient (Wildman–Crippen LogP) is 2.85. The molecule has 0 radical (unpaired) electrons. The van der Waals surface area contributed by atoms with E-state index in [0.29, 0.717) is 41.5 Å². The Hall–Kier alpha value is -3.02. The number of carbonyl (C=O) groups excluding carboxylic acids is 1. The molecule has 6 heteroatoms. The van der Waals surface area contributed by atoms with Crippen LogP contribution in [0.4, 0.5) is 5.69 Å².